The molecule has 0 aliphatic rings. The Labute approximate surface area is 144 Å². The second kappa shape index (κ2) is 6.84. The molecular weight excluding hydrogens is 346 g/mol. The van der Waals surface area contributed by atoms with Gasteiger partial charge in [-0.15, -0.1) is 21.5 Å². The second-order valence-corrected chi connectivity index (χ2v) is 8.43. The largest absolute Gasteiger partial charge is 0.419 e. The fourth-order valence-corrected chi connectivity index (χ4v) is 4.45. The van der Waals surface area contributed by atoms with Gasteiger partial charge in [-0.1, -0.05) is 24.6 Å². The number of aromatic nitrogens is 2. The zero-order valence-electron chi connectivity index (χ0n) is 13.3. The van der Waals surface area contributed by atoms with Crippen LogP contribution < -0.4 is 4.72 Å². The summed E-state index contributed by atoms with van der Waals surface area (Å²) in [7, 11) is -3.57. The monoisotopic (exact) mass is 363 g/mol. The van der Waals surface area contributed by atoms with E-state index in [1.807, 2.05) is 44.2 Å². The van der Waals surface area contributed by atoms with Gasteiger partial charge in [0.1, 0.15) is 4.21 Å². The van der Waals surface area contributed by atoms with Gasteiger partial charge >= 0.3 is 0 Å². The SMILES string of the molecule is CCc1ccc(S(=O)(=O)NCc2nnc(-c3cccc(C)c3)o2)s1. The van der Waals surface area contributed by atoms with Gasteiger partial charge in [0.2, 0.25) is 11.8 Å². The van der Waals surface area contributed by atoms with Crippen molar-refractivity contribution in [3.63, 3.8) is 0 Å². The molecule has 0 atom stereocenters. The number of hydrogen-bond donors (Lipinski definition) is 1. The molecule has 0 bridgehead atoms. The Morgan fingerprint density at radius 2 is 2.04 bits per heavy atom. The standard InChI is InChI=1S/C16H17N3O3S2/c1-3-13-7-8-15(23-13)24(20,21)17-10-14-18-19-16(22-14)12-6-4-5-11(2)9-12/h4-9,17H,3,10H2,1-2H3. The summed E-state index contributed by atoms with van der Waals surface area (Å²) in [5, 5.41) is 7.87. The number of rotatable bonds is 6. The lowest BCUT2D eigenvalue weighted by Gasteiger charge is -2.01. The van der Waals surface area contributed by atoms with Crippen LogP contribution in [0.1, 0.15) is 23.3 Å². The number of thiophene rings is 1. The van der Waals surface area contributed by atoms with Gasteiger partial charge in [0, 0.05) is 10.4 Å². The number of hydrogen-bond acceptors (Lipinski definition) is 6. The maximum atomic E-state index is 12.3. The molecule has 0 aliphatic heterocycles. The van der Waals surface area contributed by atoms with E-state index in [0.717, 1.165) is 22.4 Å². The van der Waals surface area contributed by atoms with E-state index in [4.69, 9.17) is 4.42 Å². The molecular formula is C16H17N3O3S2. The maximum absolute atomic E-state index is 12.3. The van der Waals surface area contributed by atoms with E-state index in [2.05, 4.69) is 14.9 Å². The predicted molar refractivity (Wildman–Crippen MR) is 92.2 cm³/mol. The van der Waals surface area contributed by atoms with E-state index < -0.39 is 10.0 Å². The molecule has 0 saturated carbocycles. The van der Waals surface area contributed by atoms with Crippen LogP contribution in [0.15, 0.2) is 45.0 Å². The second-order valence-electron chi connectivity index (χ2n) is 5.27. The van der Waals surface area contributed by atoms with Crippen molar-refractivity contribution in [1.82, 2.24) is 14.9 Å². The quantitative estimate of drug-likeness (QED) is 0.727. The Morgan fingerprint density at radius 1 is 1.21 bits per heavy atom. The fourth-order valence-electron chi connectivity index (χ4n) is 2.14. The normalized spacial score (nSPS) is 11.8. The van der Waals surface area contributed by atoms with Gasteiger partial charge < -0.3 is 4.42 Å². The summed E-state index contributed by atoms with van der Waals surface area (Å²) in [6, 6.07) is 11.1. The molecule has 0 amide bonds. The van der Waals surface area contributed by atoms with Crippen LogP contribution in [0.2, 0.25) is 0 Å². The molecule has 3 aromatic rings. The Kier molecular flexibility index (Phi) is 4.79. The fraction of sp³-hybridized carbons (Fsp3) is 0.250. The Bertz CT molecular complexity index is 945. The van der Waals surface area contributed by atoms with Crippen molar-refractivity contribution in [2.24, 2.45) is 0 Å². The van der Waals surface area contributed by atoms with Crippen molar-refractivity contribution in [2.75, 3.05) is 0 Å². The van der Waals surface area contributed by atoms with E-state index in [1.165, 1.54) is 11.3 Å². The van der Waals surface area contributed by atoms with Crippen LogP contribution in [-0.4, -0.2) is 18.6 Å². The van der Waals surface area contributed by atoms with Gasteiger partial charge in [0.25, 0.3) is 10.0 Å². The molecule has 0 radical (unpaired) electrons. The summed E-state index contributed by atoms with van der Waals surface area (Å²) in [5.41, 5.74) is 1.89. The number of aryl methyl sites for hydroxylation is 2. The van der Waals surface area contributed by atoms with Gasteiger partial charge in [-0.25, -0.2) is 13.1 Å². The molecule has 24 heavy (non-hydrogen) atoms. The third-order valence-electron chi connectivity index (χ3n) is 3.40. The topological polar surface area (TPSA) is 85.1 Å². The first kappa shape index (κ1) is 16.8. The van der Waals surface area contributed by atoms with Crippen LogP contribution in [0.5, 0.6) is 0 Å². The first-order valence-corrected chi connectivity index (χ1v) is 9.75. The molecule has 3 rings (SSSR count). The van der Waals surface area contributed by atoms with Crippen LogP contribution in [0.25, 0.3) is 11.5 Å². The van der Waals surface area contributed by atoms with E-state index in [-0.39, 0.29) is 16.6 Å². The van der Waals surface area contributed by atoms with Crippen molar-refractivity contribution >= 4 is 21.4 Å². The molecule has 1 aromatic carbocycles. The molecule has 0 aliphatic carbocycles. The molecule has 6 nitrogen and oxygen atoms in total. The minimum atomic E-state index is -3.57. The van der Waals surface area contributed by atoms with E-state index in [9.17, 15) is 8.42 Å². The van der Waals surface area contributed by atoms with E-state index in [0.29, 0.717) is 5.89 Å². The molecule has 126 valence electrons. The number of benzene rings is 1. The first-order chi connectivity index (χ1) is 11.5. The molecule has 2 heterocycles. The van der Waals surface area contributed by atoms with Crippen LogP contribution in [-0.2, 0) is 23.0 Å². The summed E-state index contributed by atoms with van der Waals surface area (Å²) in [4.78, 5) is 1.02. The summed E-state index contributed by atoms with van der Waals surface area (Å²) in [6.07, 6.45) is 0.809. The summed E-state index contributed by atoms with van der Waals surface area (Å²) in [6.45, 7) is 3.92. The van der Waals surface area contributed by atoms with Crippen molar-refractivity contribution in [1.29, 1.82) is 0 Å². The summed E-state index contributed by atoms with van der Waals surface area (Å²) >= 11 is 1.26. The number of sulfonamides is 1. The van der Waals surface area contributed by atoms with Crippen LogP contribution in [0.3, 0.4) is 0 Å². The highest BCUT2D eigenvalue weighted by atomic mass is 32.2. The zero-order chi connectivity index (χ0) is 17.2. The smallest absolute Gasteiger partial charge is 0.250 e. The van der Waals surface area contributed by atoms with Crippen molar-refractivity contribution in [3.8, 4) is 11.5 Å². The van der Waals surface area contributed by atoms with Gasteiger partial charge in [-0.05, 0) is 37.6 Å². The van der Waals surface area contributed by atoms with Crippen LogP contribution in [0.4, 0.5) is 0 Å². The van der Waals surface area contributed by atoms with Gasteiger partial charge in [0.15, 0.2) is 0 Å². The molecule has 0 fully saturated rings. The van der Waals surface area contributed by atoms with Gasteiger partial charge in [-0.3, -0.25) is 0 Å². The van der Waals surface area contributed by atoms with Crippen LogP contribution >= 0.6 is 11.3 Å². The highest BCUT2D eigenvalue weighted by molar-refractivity contribution is 7.91. The van der Waals surface area contributed by atoms with Crippen molar-refractivity contribution in [3.05, 3.63) is 52.7 Å². The highest BCUT2D eigenvalue weighted by Gasteiger charge is 2.18. The minimum absolute atomic E-state index is 0.0412. The summed E-state index contributed by atoms with van der Waals surface area (Å²) < 4.78 is 32.8. The minimum Gasteiger partial charge on any atom is -0.419 e. The van der Waals surface area contributed by atoms with Gasteiger partial charge in [0.05, 0.1) is 6.54 Å². The van der Waals surface area contributed by atoms with E-state index >= 15 is 0 Å². The predicted octanol–water partition coefficient (Wildman–Crippen LogP) is 3.15. The van der Waals surface area contributed by atoms with Crippen molar-refractivity contribution in [2.45, 2.75) is 31.0 Å². The maximum Gasteiger partial charge on any atom is 0.250 e. The zero-order valence-corrected chi connectivity index (χ0v) is 14.9. The Morgan fingerprint density at radius 3 is 2.75 bits per heavy atom. The molecule has 8 heteroatoms. The molecule has 1 N–H and O–H groups in total. The molecule has 2 aromatic heterocycles. The summed E-state index contributed by atoms with van der Waals surface area (Å²) in [5.74, 6) is 0.597. The third-order valence-corrected chi connectivity index (χ3v) is 6.52. The lowest BCUT2D eigenvalue weighted by molar-refractivity contribution is 0.494. The number of nitrogens with one attached hydrogen (secondary N) is 1. The Hall–Kier alpha value is -2.03. The molecule has 0 unspecified atom stereocenters. The third kappa shape index (κ3) is 3.72. The molecule has 0 saturated heterocycles. The average Bonchev–Trinajstić information content (AvgIpc) is 3.23. The van der Waals surface area contributed by atoms with Crippen LogP contribution in [0, 0.1) is 6.92 Å². The number of nitrogens with zero attached hydrogens (tertiary/aromatic N) is 2. The van der Waals surface area contributed by atoms with Gasteiger partial charge in [-0.2, -0.15) is 0 Å². The average molecular weight is 363 g/mol. The van der Waals surface area contributed by atoms with Crippen molar-refractivity contribution < 1.29 is 12.8 Å². The highest BCUT2D eigenvalue weighted by Crippen LogP contribution is 2.22. The molecule has 0 spiro atoms. The lowest BCUT2D eigenvalue weighted by Crippen LogP contribution is -2.22. The first-order valence-electron chi connectivity index (χ1n) is 7.46. The van der Waals surface area contributed by atoms with E-state index in [1.54, 1.807) is 6.07 Å². The lowest BCUT2D eigenvalue weighted by atomic mass is 10.1. The Balaban J connectivity index is 1.71.